The first-order chi connectivity index (χ1) is 9.70. The van der Waals surface area contributed by atoms with E-state index in [2.05, 4.69) is 20.7 Å². The molecule has 2 aromatic heterocycles. The highest BCUT2D eigenvalue weighted by Gasteiger charge is 2.08. The van der Waals surface area contributed by atoms with E-state index < -0.39 is 0 Å². The van der Waals surface area contributed by atoms with E-state index in [4.69, 9.17) is 0 Å². The summed E-state index contributed by atoms with van der Waals surface area (Å²) in [6.45, 7) is 3.14. The molecule has 2 heterocycles. The van der Waals surface area contributed by atoms with Gasteiger partial charge in [0.15, 0.2) is 0 Å². The molecule has 0 unspecified atom stereocenters. The average molecular weight is 273 g/mol. The second-order valence-electron chi connectivity index (χ2n) is 4.50. The molecule has 2 rings (SSSR count). The van der Waals surface area contributed by atoms with E-state index in [1.807, 2.05) is 32.2 Å². The SMILES string of the molecule is CCCNC(=O)NCc1cc(-c2cccnc2)nn1C. The van der Waals surface area contributed by atoms with Crippen LogP contribution in [0.4, 0.5) is 4.79 Å². The van der Waals surface area contributed by atoms with Gasteiger partial charge in [-0.2, -0.15) is 5.10 Å². The molecule has 2 aromatic rings. The number of nitrogens with zero attached hydrogens (tertiary/aromatic N) is 3. The molecule has 0 saturated heterocycles. The molecule has 20 heavy (non-hydrogen) atoms. The van der Waals surface area contributed by atoms with Gasteiger partial charge in [-0.3, -0.25) is 9.67 Å². The summed E-state index contributed by atoms with van der Waals surface area (Å²) < 4.78 is 1.77. The Morgan fingerprint density at radius 2 is 2.25 bits per heavy atom. The zero-order chi connectivity index (χ0) is 14.4. The van der Waals surface area contributed by atoms with Gasteiger partial charge in [0.2, 0.25) is 0 Å². The number of rotatable bonds is 5. The fourth-order valence-electron chi connectivity index (χ4n) is 1.80. The minimum absolute atomic E-state index is 0.157. The second kappa shape index (κ2) is 6.70. The van der Waals surface area contributed by atoms with Crippen LogP contribution in [0.3, 0.4) is 0 Å². The van der Waals surface area contributed by atoms with Crippen molar-refractivity contribution in [3.63, 3.8) is 0 Å². The lowest BCUT2D eigenvalue weighted by Gasteiger charge is -2.06. The van der Waals surface area contributed by atoms with Gasteiger partial charge in [0.05, 0.1) is 17.9 Å². The van der Waals surface area contributed by atoms with Crippen LogP contribution in [0.1, 0.15) is 19.0 Å². The predicted octanol–water partition coefficient (Wildman–Crippen LogP) is 1.69. The van der Waals surface area contributed by atoms with Crippen molar-refractivity contribution in [2.45, 2.75) is 19.9 Å². The lowest BCUT2D eigenvalue weighted by Crippen LogP contribution is -2.35. The van der Waals surface area contributed by atoms with E-state index in [1.165, 1.54) is 0 Å². The maximum Gasteiger partial charge on any atom is 0.315 e. The first-order valence-corrected chi connectivity index (χ1v) is 6.65. The monoisotopic (exact) mass is 273 g/mol. The summed E-state index contributed by atoms with van der Waals surface area (Å²) in [6.07, 6.45) is 4.42. The predicted molar refractivity (Wildman–Crippen MR) is 77.0 cm³/mol. The maximum absolute atomic E-state index is 11.5. The third kappa shape index (κ3) is 3.57. The highest BCUT2D eigenvalue weighted by Crippen LogP contribution is 2.17. The summed E-state index contributed by atoms with van der Waals surface area (Å²) >= 11 is 0. The summed E-state index contributed by atoms with van der Waals surface area (Å²) in [5.41, 5.74) is 2.76. The molecule has 0 aliphatic rings. The van der Waals surface area contributed by atoms with E-state index in [0.717, 1.165) is 23.4 Å². The molecule has 0 aliphatic heterocycles. The molecule has 0 bridgehead atoms. The lowest BCUT2D eigenvalue weighted by atomic mass is 10.2. The quantitative estimate of drug-likeness (QED) is 0.870. The van der Waals surface area contributed by atoms with Gasteiger partial charge in [0.1, 0.15) is 0 Å². The number of amides is 2. The largest absolute Gasteiger partial charge is 0.338 e. The Hall–Kier alpha value is -2.37. The average Bonchev–Trinajstić information content (AvgIpc) is 2.85. The molecular weight excluding hydrogens is 254 g/mol. The topological polar surface area (TPSA) is 71.8 Å². The molecule has 0 aromatic carbocycles. The number of aromatic nitrogens is 3. The minimum Gasteiger partial charge on any atom is -0.338 e. The third-order valence-corrected chi connectivity index (χ3v) is 2.90. The van der Waals surface area contributed by atoms with Crippen molar-refractivity contribution in [1.82, 2.24) is 25.4 Å². The zero-order valence-corrected chi connectivity index (χ0v) is 11.8. The van der Waals surface area contributed by atoms with Crippen molar-refractivity contribution >= 4 is 6.03 Å². The number of hydrogen-bond donors (Lipinski definition) is 2. The Kier molecular flexibility index (Phi) is 4.70. The van der Waals surface area contributed by atoms with E-state index in [-0.39, 0.29) is 6.03 Å². The van der Waals surface area contributed by atoms with Crippen molar-refractivity contribution in [3.8, 4) is 11.3 Å². The normalized spacial score (nSPS) is 10.3. The molecule has 0 aliphatic carbocycles. The van der Waals surface area contributed by atoms with E-state index >= 15 is 0 Å². The van der Waals surface area contributed by atoms with E-state index in [1.54, 1.807) is 17.1 Å². The van der Waals surface area contributed by atoms with Crippen LogP contribution in [0.5, 0.6) is 0 Å². The Bertz CT molecular complexity index is 564. The van der Waals surface area contributed by atoms with Gasteiger partial charge < -0.3 is 10.6 Å². The standard InChI is InChI=1S/C14H19N5O/c1-3-6-16-14(20)17-10-12-8-13(18-19(12)2)11-5-4-7-15-9-11/h4-5,7-9H,3,6,10H2,1-2H3,(H2,16,17,20). The summed E-state index contributed by atoms with van der Waals surface area (Å²) in [7, 11) is 1.86. The first kappa shape index (κ1) is 14.0. The number of carbonyl (C=O) groups excluding carboxylic acids is 1. The van der Waals surface area contributed by atoms with Crippen LogP contribution in [0.15, 0.2) is 30.6 Å². The van der Waals surface area contributed by atoms with Crippen molar-refractivity contribution in [3.05, 3.63) is 36.3 Å². The smallest absolute Gasteiger partial charge is 0.315 e. The van der Waals surface area contributed by atoms with E-state index in [0.29, 0.717) is 13.1 Å². The molecular formula is C14H19N5O. The number of hydrogen-bond acceptors (Lipinski definition) is 3. The van der Waals surface area contributed by atoms with Crippen LogP contribution in [0.2, 0.25) is 0 Å². The molecule has 2 N–H and O–H groups in total. The Balaban J connectivity index is 2.00. The summed E-state index contributed by atoms with van der Waals surface area (Å²) in [4.78, 5) is 15.6. The number of urea groups is 1. The van der Waals surface area contributed by atoms with Crippen LogP contribution >= 0.6 is 0 Å². The van der Waals surface area contributed by atoms with Crippen LogP contribution in [-0.4, -0.2) is 27.3 Å². The van der Waals surface area contributed by atoms with Gasteiger partial charge in [-0.15, -0.1) is 0 Å². The van der Waals surface area contributed by atoms with Crippen LogP contribution in [-0.2, 0) is 13.6 Å². The van der Waals surface area contributed by atoms with Crippen molar-refractivity contribution in [2.75, 3.05) is 6.54 Å². The minimum atomic E-state index is -0.157. The molecule has 106 valence electrons. The van der Waals surface area contributed by atoms with Crippen LogP contribution < -0.4 is 10.6 Å². The Morgan fingerprint density at radius 3 is 2.95 bits per heavy atom. The molecule has 0 saturated carbocycles. The second-order valence-corrected chi connectivity index (χ2v) is 4.50. The number of nitrogens with one attached hydrogen (secondary N) is 2. The van der Waals surface area contributed by atoms with Crippen molar-refractivity contribution < 1.29 is 4.79 Å². The van der Waals surface area contributed by atoms with Crippen LogP contribution in [0, 0.1) is 0 Å². The highest BCUT2D eigenvalue weighted by molar-refractivity contribution is 5.73. The highest BCUT2D eigenvalue weighted by atomic mass is 16.2. The zero-order valence-electron chi connectivity index (χ0n) is 11.8. The van der Waals surface area contributed by atoms with Gasteiger partial charge >= 0.3 is 6.03 Å². The lowest BCUT2D eigenvalue weighted by molar-refractivity contribution is 0.240. The Labute approximate surface area is 118 Å². The van der Waals surface area contributed by atoms with Gasteiger partial charge in [-0.1, -0.05) is 6.92 Å². The van der Waals surface area contributed by atoms with E-state index in [9.17, 15) is 4.79 Å². The summed E-state index contributed by atoms with van der Waals surface area (Å²) in [5.74, 6) is 0. The third-order valence-electron chi connectivity index (χ3n) is 2.90. The van der Waals surface area contributed by atoms with Gasteiger partial charge in [-0.25, -0.2) is 4.79 Å². The van der Waals surface area contributed by atoms with Gasteiger partial charge in [-0.05, 0) is 24.6 Å². The number of carbonyl (C=O) groups is 1. The summed E-state index contributed by atoms with van der Waals surface area (Å²) in [5, 5.41) is 10.0. The maximum atomic E-state index is 11.5. The molecule has 0 fully saturated rings. The number of pyridine rings is 1. The molecule has 0 spiro atoms. The molecule has 6 heteroatoms. The summed E-state index contributed by atoms with van der Waals surface area (Å²) in [6, 6.07) is 5.63. The molecule has 0 atom stereocenters. The molecule has 6 nitrogen and oxygen atoms in total. The molecule has 0 radical (unpaired) electrons. The fraction of sp³-hybridized carbons (Fsp3) is 0.357. The van der Waals surface area contributed by atoms with Crippen molar-refractivity contribution in [2.24, 2.45) is 7.05 Å². The van der Waals surface area contributed by atoms with Crippen LogP contribution in [0.25, 0.3) is 11.3 Å². The van der Waals surface area contributed by atoms with Gasteiger partial charge in [0, 0.05) is 31.5 Å². The number of aryl methyl sites for hydroxylation is 1. The van der Waals surface area contributed by atoms with Gasteiger partial charge in [0.25, 0.3) is 0 Å². The molecule has 2 amide bonds. The Morgan fingerprint density at radius 1 is 1.40 bits per heavy atom. The fourth-order valence-corrected chi connectivity index (χ4v) is 1.80. The van der Waals surface area contributed by atoms with Crippen molar-refractivity contribution in [1.29, 1.82) is 0 Å². The first-order valence-electron chi connectivity index (χ1n) is 6.65.